The van der Waals surface area contributed by atoms with Crippen molar-refractivity contribution in [3.63, 3.8) is 0 Å². The fraction of sp³-hybridized carbons (Fsp3) is 0.133. The zero-order valence-electron chi connectivity index (χ0n) is 10.7. The maximum Gasteiger partial charge on any atom is 0.180 e. The van der Waals surface area contributed by atoms with Crippen LogP contribution >= 0.6 is 0 Å². The zero-order valence-corrected chi connectivity index (χ0v) is 10.7. The zero-order chi connectivity index (χ0) is 13.2. The minimum atomic E-state index is 0.629. The van der Waals surface area contributed by atoms with E-state index in [-0.39, 0.29) is 0 Å². The summed E-state index contributed by atoms with van der Waals surface area (Å²) in [5.74, 6) is 0.798. The fourth-order valence-corrected chi connectivity index (χ4v) is 2.05. The van der Waals surface area contributed by atoms with E-state index >= 15 is 0 Å². The van der Waals surface area contributed by atoms with Crippen molar-refractivity contribution in [2.24, 2.45) is 0 Å². The molecule has 0 atom stereocenters. The van der Waals surface area contributed by atoms with Gasteiger partial charge in [0, 0.05) is 23.6 Å². The number of hydrogen-bond donors (Lipinski definition) is 1. The molecule has 0 amide bonds. The van der Waals surface area contributed by atoms with Crippen LogP contribution in [0, 0.1) is 0 Å². The lowest BCUT2D eigenvalue weighted by molar-refractivity contribution is 0.342. The number of nitrogens with zero attached hydrogens (tertiary/aromatic N) is 2. The van der Waals surface area contributed by atoms with Gasteiger partial charge in [-0.05, 0) is 31.2 Å². The second kappa shape index (κ2) is 4.65. The van der Waals surface area contributed by atoms with Crippen LogP contribution in [0.2, 0.25) is 0 Å². The van der Waals surface area contributed by atoms with Crippen LogP contribution in [-0.4, -0.2) is 16.0 Å². The van der Waals surface area contributed by atoms with Crippen LogP contribution in [0.1, 0.15) is 6.92 Å². The fourth-order valence-electron chi connectivity index (χ4n) is 2.05. The molecule has 2 aromatic heterocycles. The Morgan fingerprint density at radius 2 is 2.00 bits per heavy atom. The van der Waals surface area contributed by atoms with Crippen molar-refractivity contribution in [3.05, 3.63) is 48.8 Å². The van der Waals surface area contributed by atoms with E-state index in [9.17, 15) is 0 Å². The van der Waals surface area contributed by atoms with Crippen LogP contribution in [0.25, 0.3) is 16.9 Å². The normalized spacial score (nSPS) is 10.8. The molecular weight excluding hydrogens is 238 g/mol. The van der Waals surface area contributed by atoms with Crippen LogP contribution in [-0.2, 0) is 0 Å². The molecule has 0 unspecified atom stereocenters. The summed E-state index contributed by atoms with van der Waals surface area (Å²) in [6.07, 6.45) is 3.95. The van der Waals surface area contributed by atoms with Gasteiger partial charge in [0.25, 0.3) is 0 Å². The molecule has 0 aliphatic carbocycles. The average Bonchev–Trinajstić information content (AvgIpc) is 2.85. The summed E-state index contributed by atoms with van der Waals surface area (Å²) in [6.45, 7) is 2.59. The first kappa shape index (κ1) is 11.6. The predicted molar refractivity (Wildman–Crippen MR) is 76.2 cm³/mol. The number of pyridine rings is 1. The Kier molecular flexibility index (Phi) is 2.83. The first-order valence-corrected chi connectivity index (χ1v) is 6.24. The van der Waals surface area contributed by atoms with Crippen molar-refractivity contribution >= 4 is 11.3 Å². The van der Waals surface area contributed by atoms with E-state index in [1.165, 1.54) is 0 Å². The van der Waals surface area contributed by atoms with Crippen LogP contribution in [0.4, 0.5) is 5.69 Å². The van der Waals surface area contributed by atoms with Crippen molar-refractivity contribution in [2.75, 3.05) is 12.3 Å². The van der Waals surface area contributed by atoms with Gasteiger partial charge in [-0.1, -0.05) is 12.1 Å². The number of hydrogen-bond acceptors (Lipinski definition) is 3. The predicted octanol–water partition coefficient (Wildman–Crippen LogP) is 2.98. The lowest BCUT2D eigenvalue weighted by Crippen LogP contribution is -1.94. The van der Waals surface area contributed by atoms with Gasteiger partial charge in [0.2, 0.25) is 0 Å². The number of fused-ring (bicyclic) bond motifs is 1. The molecule has 4 heteroatoms. The molecule has 0 aliphatic heterocycles. The van der Waals surface area contributed by atoms with Gasteiger partial charge in [-0.3, -0.25) is 0 Å². The summed E-state index contributed by atoms with van der Waals surface area (Å²) in [6, 6.07) is 11.6. The summed E-state index contributed by atoms with van der Waals surface area (Å²) in [5, 5.41) is 0. The molecule has 0 spiro atoms. The lowest BCUT2D eigenvalue weighted by Gasteiger charge is -2.03. The topological polar surface area (TPSA) is 52.5 Å². The quantitative estimate of drug-likeness (QED) is 0.730. The van der Waals surface area contributed by atoms with E-state index in [2.05, 4.69) is 4.98 Å². The van der Waals surface area contributed by atoms with Crippen molar-refractivity contribution in [1.82, 2.24) is 9.38 Å². The van der Waals surface area contributed by atoms with Gasteiger partial charge in [0.1, 0.15) is 0 Å². The highest BCUT2D eigenvalue weighted by Gasteiger charge is 2.08. The molecule has 96 valence electrons. The summed E-state index contributed by atoms with van der Waals surface area (Å²) in [5.41, 5.74) is 9.23. The largest absolute Gasteiger partial charge is 0.490 e. The van der Waals surface area contributed by atoms with Gasteiger partial charge in [0.05, 0.1) is 12.3 Å². The lowest BCUT2D eigenvalue weighted by atomic mass is 10.1. The van der Waals surface area contributed by atoms with E-state index in [0.717, 1.165) is 28.3 Å². The van der Waals surface area contributed by atoms with Crippen molar-refractivity contribution in [2.45, 2.75) is 6.92 Å². The number of anilines is 1. The number of rotatable bonds is 3. The highest BCUT2D eigenvalue weighted by molar-refractivity contribution is 5.67. The molecule has 19 heavy (non-hydrogen) atoms. The second-order valence-electron chi connectivity index (χ2n) is 4.28. The Morgan fingerprint density at radius 1 is 1.21 bits per heavy atom. The first-order valence-electron chi connectivity index (χ1n) is 6.24. The number of imidazole rings is 1. The van der Waals surface area contributed by atoms with Crippen molar-refractivity contribution < 1.29 is 4.74 Å². The Bertz CT molecular complexity index is 701. The molecule has 3 aromatic rings. The molecule has 3 rings (SSSR count). The molecule has 0 fully saturated rings. The first-order chi connectivity index (χ1) is 9.28. The van der Waals surface area contributed by atoms with Gasteiger partial charge >= 0.3 is 0 Å². The molecule has 0 saturated carbocycles. The van der Waals surface area contributed by atoms with Gasteiger partial charge in [-0.15, -0.1) is 0 Å². The smallest absolute Gasteiger partial charge is 0.180 e. The number of benzene rings is 1. The third-order valence-corrected chi connectivity index (χ3v) is 2.95. The highest BCUT2D eigenvalue weighted by atomic mass is 16.5. The Balaban J connectivity index is 2.11. The molecule has 0 bridgehead atoms. The van der Waals surface area contributed by atoms with E-state index < -0.39 is 0 Å². The maximum absolute atomic E-state index is 5.70. The van der Waals surface area contributed by atoms with E-state index in [1.54, 1.807) is 0 Å². The number of nitrogen functional groups attached to an aromatic ring is 1. The number of ether oxygens (including phenoxy) is 1. The van der Waals surface area contributed by atoms with Gasteiger partial charge in [0.15, 0.2) is 11.4 Å². The summed E-state index contributed by atoms with van der Waals surface area (Å²) >= 11 is 0. The second-order valence-corrected chi connectivity index (χ2v) is 4.28. The molecule has 0 radical (unpaired) electrons. The molecular formula is C15H15N3O. The monoisotopic (exact) mass is 253 g/mol. The average molecular weight is 253 g/mol. The van der Waals surface area contributed by atoms with Crippen LogP contribution in [0.15, 0.2) is 48.8 Å². The molecule has 0 aliphatic rings. The molecule has 2 N–H and O–H groups in total. The third-order valence-electron chi connectivity index (χ3n) is 2.95. The number of nitrogens with two attached hydrogens (primary N) is 1. The SMILES string of the molecule is CCOc1cccn2cc(-c3ccc(N)cc3)nc12. The minimum absolute atomic E-state index is 0.629. The van der Waals surface area contributed by atoms with Crippen LogP contribution in [0.3, 0.4) is 0 Å². The van der Waals surface area contributed by atoms with Gasteiger partial charge in [-0.25, -0.2) is 4.98 Å². The van der Waals surface area contributed by atoms with Crippen LogP contribution in [0.5, 0.6) is 5.75 Å². The summed E-state index contributed by atoms with van der Waals surface area (Å²) in [4.78, 5) is 4.63. The van der Waals surface area contributed by atoms with Crippen molar-refractivity contribution in [3.8, 4) is 17.0 Å². The van der Waals surface area contributed by atoms with Gasteiger partial charge < -0.3 is 14.9 Å². The molecule has 1 aromatic carbocycles. The minimum Gasteiger partial charge on any atom is -0.490 e. The third kappa shape index (κ3) is 2.12. The molecule has 0 saturated heterocycles. The van der Waals surface area contributed by atoms with Gasteiger partial charge in [-0.2, -0.15) is 0 Å². The Hall–Kier alpha value is -2.49. The van der Waals surface area contributed by atoms with E-state index in [1.807, 2.05) is 60.1 Å². The number of aromatic nitrogens is 2. The summed E-state index contributed by atoms with van der Waals surface area (Å²) < 4.78 is 7.55. The van der Waals surface area contributed by atoms with E-state index in [0.29, 0.717) is 6.61 Å². The molecule has 4 nitrogen and oxygen atoms in total. The standard InChI is InChI=1S/C15H15N3O/c1-2-19-14-4-3-9-18-10-13(17-15(14)18)11-5-7-12(16)8-6-11/h3-10H,2,16H2,1H3. The Labute approximate surface area is 111 Å². The molecule has 2 heterocycles. The van der Waals surface area contributed by atoms with Crippen molar-refractivity contribution in [1.29, 1.82) is 0 Å². The highest BCUT2D eigenvalue weighted by Crippen LogP contribution is 2.24. The maximum atomic E-state index is 5.70. The Morgan fingerprint density at radius 3 is 2.74 bits per heavy atom. The van der Waals surface area contributed by atoms with Crippen LogP contribution < -0.4 is 10.5 Å². The van der Waals surface area contributed by atoms with E-state index in [4.69, 9.17) is 10.5 Å². The summed E-state index contributed by atoms with van der Waals surface area (Å²) in [7, 11) is 0.